The van der Waals surface area contributed by atoms with Gasteiger partial charge in [0.1, 0.15) is 5.69 Å². The molecule has 0 bridgehead atoms. The third-order valence-corrected chi connectivity index (χ3v) is 6.70. The summed E-state index contributed by atoms with van der Waals surface area (Å²) >= 11 is 0. The van der Waals surface area contributed by atoms with E-state index in [1.54, 1.807) is 11.9 Å². The lowest BCUT2D eigenvalue weighted by Gasteiger charge is -2.32. The molecule has 172 valence electrons. The molecule has 3 amide bonds. The van der Waals surface area contributed by atoms with E-state index >= 15 is 0 Å². The maximum absolute atomic E-state index is 13.4. The lowest BCUT2D eigenvalue weighted by molar-refractivity contribution is 0.0964. The minimum absolute atomic E-state index is 0.161. The molecule has 1 unspecified atom stereocenters. The summed E-state index contributed by atoms with van der Waals surface area (Å²) in [4.78, 5) is 32.6. The van der Waals surface area contributed by atoms with Crippen molar-refractivity contribution in [1.82, 2.24) is 25.7 Å². The van der Waals surface area contributed by atoms with Crippen LogP contribution in [0.25, 0.3) is 11.1 Å². The predicted octanol–water partition coefficient (Wildman–Crippen LogP) is 4.24. The van der Waals surface area contributed by atoms with Crippen LogP contribution in [0.2, 0.25) is 0 Å². The maximum atomic E-state index is 13.4. The van der Waals surface area contributed by atoms with E-state index in [1.807, 2.05) is 50.2 Å². The molecule has 8 nitrogen and oxygen atoms in total. The third kappa shape index (κ3) is 3.94. The first kappa shape index (κ1) is 21.4. The van der Waals surface area contributed by atoms with E-state index < -0.39 is 5.54 Å². The molecule has 3 heterocycles. The number of benzene rings is 1. The molecule has 2 aromatic heterocycles. The summed E-state index contributed by atoms with van der Waals surface area (Å²) in [6.07, 6.45) is 3.74. The Hall–Kier alpha value is -3.42. The monoisotopic (exact) mass is 447 g/mol. The first-order valence-corrected chi connectivity index (χ1v) is 11.6. The van der Waals surface area contributed by atoms with Crippen molar-refractivity contribution in [3.8, 4) is 0 Å². The van der Waals surface area contributed by atoms with E-state index in [4.69, 9.17) is 4.52 Å². The van der Waals surface area contributed by atoms with Crippen molar-refractivity contribution in [2.75, 3.05) is 13.6 Å². The van der Waals surface area contributed by atoms with Crippen LogP contribution in [-0.4, -0.2) is 40.6 Å². The highest BCUT2D eigenvalue weighted by Gasteiger charge is 2.37. The van der Waals surface area contributed by atoms with Gasteiger partial charge in [-0.3, -0.25) is 4.79 Å². The number of nitrogens with zero attached hydrogens (tertiary/aromatic N) is 3. The van der Waals surface area contributed by atoms with Crippen molar-refractivity contribution >= 4 is 23.0 Å². The quantitative estimate of drug-likeness (QED) is 0.609. The zero-order valence-electron chi connectivity index (χ0n) is 19.2. The normalized spacial score (nSPS) is 18.5. The standard InChI is InChI=1S/C25H29N5O3/c1-25(2,16-8-5-4-6-9-16)28-24(32)30-13-7-10-19(30)21-20-17(22(31)26-3)14-18(15-11-12-15)27-23(20)33-29-21/h4-6,8-9,14-15,19H,7,10-13H2,1-3H3,(H,26,31)(H,28,32). The van der Waals surface area contributed by atoms with Crippen molar-refractivity contribution in [1.29, 1.82) is 0 Å². The third-order valence-electron chi connectivity index (χ3n) is 6.70. The zero-order valence-corrected chi connectivity index (χ0v) is 19.2. The average Bonchev–Trinajstić information content (AvgIpc) is 3.40. The first-order chi connectivity index (χ1) is 15.9. The summed E-state index contributed by atoms with van der Waals surface area (Å²) < 4.78 is 5.61. The molecule has 0 spiro atoms. The van der Waals surface area contributed by atoms with Crippen molar-refractivity contribution in [2.45, 2.75) is 57.0 Å². The molecule has 2 fully saturated rings. The number of amides is 3. The Morgan fingerprint density at radius 2 is 1.91 bits per heavy atom. The van der Waals surface area contributed by atoms with Crippen LogP contribution in [0.15, 0.2) is 40.9 Å². The van der Waals surface area contributed by atoms with Gasteiger partial charge in [0.25, 0.3) is 11.6 Å². The zero-order chi connectivity index (χ0) is 23.2. The van der Waals surface area contributed by atoms with Crippen LogP contribution < -0.4 is 10.6 Å². The average molecular weight is 448 g/mol. The van der Waals surface area contributed by atoms with Gasteiger partial charge in [-0.05, 0) is 51.2 Å². The Labute approximate surface area is 192 Å². The Morgan fingerprint density at radius 1 is 1.15 bits per heavy atom. The summed E-state index contributed by atoms with van der Waals surface area (Å²) in [5, 5.41) is 10.8. The van der Waals surface area contributed by atoms with E-state index in [9.17, 15) is 9.59 Å². The van der Waals surface area contributed by atoms with Gasteiger partial charge in [-0.1, -0.05) is 35.5 Å². The molecule has 1 aliphatic carbocycles. The summed E-state index contributed by atoms with van der Waals surface area (Å²) in [5.74, 6) is 0.174. The molecule has 2 N–H and O–H groups in total. The van der Waals surface area contributed by atoms with Gasteiger partial charge in [0.05, 0.1) is 22.5 Å². The number of hydrogen-bond donors (Lipinski definition) is 2. The van der Waals surface area contributed by atoms with Gasteiger partial charge in [-0.15, -0.1) is 0 Å². The largest absolute Gasteiger partial charge is 0.355 e. The van der Waals surface area contributed by atoms with E-state index in [2.05, 4.69) is 20.8 Å². The molecule has 1 aromatic carbocycles. The second-order valence-electron chi connectivity index (χ2n) is 9.47. The molecule has 3 aromatic rings. The van der Waals surface area contributed by atoms with Crippen molar-refractivity contribution < 1.29 is 14.1 Å². The molecule has 1 atom stereocenters. The molecule has 2 aliphatic rings. The van der Waals surface area contributed by atoms with Crippen LogP contribution in [0.5, 0.6) is 0 Å². The number of carbonyl (C=O) groups excluding carboxylic acids is 2. The SMILES string of the molecule is CNC(=O)c1cc(C2CC2)nc2onc(C3CCCN3C(=O)NC(C)(C)c3ccccc3)c12. The lowest BCUT2D eigenvalue weighted by atomic mass is 9.94. The predicted molar refractivity (Wildman–Crippen MR) is 124 cm³/mol. The van der Waals surface area contributed by atoms with Gasteiger partial charge in [-0.25, -0.2) is 9.78 Å². The number of aromatic nitrogens is 2. The minimum Gasteiger partial charge on any atom is -0.355 e. The molecule has 1 aliphatic heterocycles. The number of pyridine rings is 1. The first-order valence-electron chi connectivity index (χ1n) is 11.6. The summed E-state index contributed by atoms with van der Waals surface area (Å²) in [7, 11) is 1.61. The minimum atomic E-state index is -0.536. The van der Waals surface area contributed by atoms with E-state index in [-0.39, 0.29) is 18.0 Å². The van der Waals surface area contributed by atoms with Crippen LogP contribution in [-0.2, 0) is 5.54 Å². The maximum Gasteiger partial charge on any atom is 0.318 e. The molecule has 0 radical (unpaired) electrons. The molecule has 8 heteroatoms. The summed E-state index contributed by atoms with van der Waals surface area (Å²) in [6.45, 7) is 4.59. The van der Waals surface area contributed by atoms with Crippen LogP contribution >= 0.6 is 0 Å². The van der Waals surface area contributed by atoms with E-state index in [1.165, 1.54) is 0 Å². The van der Waals surface area contributed by atoms with Gasteiger partial charge >= 0.3 is 6.03 Å². The number of rotatable bonds is 5. The smallest absolute Gasteiger partial charge is 0.318 e. The Bertz CT molecular complexity index is 1200. The Balaban J connectivity index is 1.48. The summed E-state index contributed by atoms with van der Waals surface area (Å²) in [5.41, 5.74) is 2.84. The number of carbonyl (C=O) groups is 2. The molecular weight excluding hydrogens is 418 g/mol. The molecule has 1 saturated carbocycles. The van der Waals surface area contributed by atoms with Crippen LogP contribution in [0.3, 0.4) is 0 Å². The lowest BCUT2D eigenvalue weighted by Crippen LogP contribution is -2.48. The van der Waals surface area contributed by atoms with Crippen LogP contribution in [0.4, 0.5) is 4.79 Å². The molecule has 33 heavy (non-hydrogen) atoms. The highest BCUT2D eigenvalue weighted by Crippen LogP contribution is 2.42. The second-order valence-corrected chi connectivity index (χ2v) is 9.47. The van der Waals surface area contributed by atoms with Gasteiger partial charge < -0.3 is 20.1 Å². The fraction of sp³-hybridized carbons (Fsp3) is 0.440. The van der Waals surface area contributed by atoms with Gasteiger partial charge in [0.15, 0.2) is 0 Å². The number of fused-ring (bicyclic) bond motifs is 1. The Morgan fingerprint density at radius 3 is 2.61 bits per heavy atom. The van der Waals surface area contributed by atoms with Crippen LogP contribution in [0, 0.1) is 0 Å². The fourth-order valence-corrected chi connectivity index (χ4v) is 4.68. The van der Waals surface area contributed by atoms with Gasteiger partial charge in [0.2, 0.25) is 0 Å². The van der Waals surface area contributed by atoms with Crippen molar-refractivity contribution in [3.63, 3.8) is 0 Å². The van der Waals surface area contributed by atoms with Crippen molar-refractivity contribution in [3.05, 3.63) is 58.9 Å². The van der Waals surface area contributed by atoms with E-state index in [0.717, 1.165) is 36.9 Å². The molecular formula is C25H29N5O3. The van der Waals surface area contributed by atoms with E-state index in [0.29, 0.717) is 34.8 Å². The number of hydrogen-bond acceptors (Lipinski definition) is 5. The summed E-state index contributed by atoms with van der Waals surface area (Å²) in [6, 6.07) is 11.3. The molecule has 5 rings (SSSR count). The van der Waals surface area contributed by atoms with Crippen molar-refractivity contribution in [2.24, 2.45) is 0 Å². The number of nitrogens with one attached hydrogen (secondary N) is 2. The van der Waals surface area contributed by atoms with Crippen LogP contribution in [0.1, 0.15) is 78.8 Å². The topological polar surface area (TPSA) is 100 Å². The highest BCUT2D eigenvalue weighted by atomic mass is 16.5. The second kappa shape index (κ2) is 8.17. The molecule has 1 saturated heterocycles. The fourth-order valence-electron chi connectivity index (χ4n) is 4.68. The highest BCUT2D eigenvalue weighted by molar-refractivity contribution is 6.06. The van der Waals surface area contributed by atoms with Gasteiger partial charge in [-0.2, -0.15) is 0 Å². The number of likely N-dealkylation sites (tertiary alicyclic amines) is 1. The number of urea groups is 1. The van der Waals surface area contributed by atoms with Gasteiger partial charge in [0, 0.05) is 25.2 Å². The Kier molecular flexibility index (Phi) is 5.31.